The van der Waals surface area contributed by atoms with E-state index in [1.165, 1.54) is 11.3 Å². The van der Waals surface area contributed by atoms with Crippen LogP contribution in [-0.2, 0) is 21.0 Å². The Morgan fingerprint density at radius 3 is 1.73 bits per heavy atom. The van der Waals surface area contributed by atoms with Gasteiger partial charge in [-0.1, -0.05) is 103 Å². The van der Waals surface area contributed by atoms with Gasteiger partial charge in [0.2, 0.25) is 14.2 Å². The zero-order valence-electron chi connectivity index (χ0n) is 19.7. The van der Waals surface area contributed by atoms with Crippen molar-refractivity contribution in [3.05, 3.63) is 143 Å². The molecule has 0 saturated carbocycles. The van der Waals surface area contributed by atoms with Crippen LogP contribution >= 0.6 is 11.3 Å². The lowest BCUT2D eigenvalue weighted by Gasteiger charge is -2.35. The van der Waals surface area contributed by atoms with Gasteiger partial charge in [-0.25, -0.2) is 13.4 Å². The molecule has 6 rings (SSSR count). The molecule has 37 heavy (non-hydrogen) atoms. The Labute approximate surface area is 218 Å². The van der Waals surface area contributed by atoms with E-state index in [0.29, 0.717) is 16.9 Å². The molecule has 2 aromatic heterocycles. The van der Waals surface area contributed by atoms with E-state index in [1.807, 2.05) is 115 Å². The highest BCUT2D eigenvalue weighted by molar-refractivity contribution is 7.92. The van der Waals surface area contributed by atoms with Crippen molar-refractivity contribution in [2.45, 2.75) is 15.5 Å². The summed E-state index contributed by atoms with van der Waals surface area (Å²) in [5, 5.41) is 11.7. The normalized spacial score (nSPS) is 12.1. The van der Waals surface area contributed by atoms with Gasteiger partial charge in [0.25, 0.3) is 0 Å². The van der Waals surface area contributed by atoms with Gasteiger partial charge in [-0.05, 0) is 28.8 Å². The topological polar surface area (TPSA) is 88.6 Å². The van der Waals surface area contributed by atoms with Gasteiger partial charge >= 0.3 is 0 Å². The summed E-state index contributed by atoms with van der Waals surface area (Å²) in [6, 6.07) is 37.4. The number of nitrogens with one attached hydrogen (secondary N) is 1. The SMILES string of the molecule is O=S(=O)(Cc1n[nH]nc1C(c1ccccc1)(c1ccccc1)c1ccccc1)c1nc2ccccc2s1. The number of fused-ring (bicyclic) bond motifs is 1. The second-order valence-corrected chi connectivity index (χ2v) is 11.9. The molecule has 0 amide bonds. The third-order valence-electron chi connectivity index (χ3n) is 6.46. The molecule has 0 radical (unpaired) electrons. The summed E-state index contributed by atoms with van der Waals surface area (Å²) in [7, 11) is -3.79. The third kappa shape index (κ3) is 4.04. The molecule has 0 aliphatic rings. The maximum atomic E-state index is 13.6. The van der Waals surface area contributed by atoms with Crippen LogP contribution in [0.3, 0.4) is 0 Å². The molecule has 6 nitrogen and oxygen atoms in total. The summed E-state index contributed by atoms with van der Waals surface area (Å²) in [5.74, 6) is -0.326. The number of rotatable bonds is 7. The van der Waals surface area contributed by atoms with Gasteiger partial charge < -0.3 is 0 Å². The van der Waals surface area contributed by atoms with E-state index in [4.69, 9.17) is 0 Å². The van der Waals surface area contributed by atoms with Crippen LogP contribution in [0.4, 0.5) is 0 Å². The molecule has 0 spiro atoms. The zero-order chi connectivity index (χ0) is 25.3. The fourth-order valence-corrected chi connectivity index (χ4v) is 7.43. The lowest BCUT2D eigenvalue weighted by molar-refractivity contribution is 0.593. The van der Waals surface area contributed by atoms with Gasteiger partial charge in [0.15, 0.2) is 0 Å². The van der Waals surface area contributed by atoms with E-state index in [0.717, 1.165) is 21.4 Å². The monoisotopic (exact) mass is 522 g/mol. The summed E-state index contributed by atoms with van der Waals surface area (Å²) in [5.41, 5.74) is 3.55. The summed E-state index contributed by atoms with van der Waals surface area (Å²) in [6.07, 6.45) is 0. The van der Waals surface area contributed by atoms with Gasteiger partial charge in [0.05, 0.1) is 15.6 Å². The molecule has 0 fully saturated rings. The Kier molecular flexibility index (Phi) is 5.90. The molecule has 0 bridgehead atoms. The minimum Gasteiger partial charge on any atom is -0.225 e. The fraction of sp³-hybridized carbons (Fsp3) is 0.0690. The van der Waals surface area contributed by atoms with Gasteiger partial charge in [0, 0.05) is 0 Å². The fourth-order valence-electron chi connectivity index (χ4n) is 4.85. The van der Waals surface area contributed by atoms with Crippen molar-refractivity contribution in [1.82, 2.24) is 20.4 Å². The average molecular weight is 523 g/mol. The highest BCUT2D eigenvalue weighted by Gasteiger charge is 2.43. The second kappa shape index (κ2) is 9.38. The van der Waals surface area contributed by atoms with E-state index >= 15 is 0 Å². The molecule has 0 aliphatic carbocycles. The van der Waals surface area contributed by atoms with Crippen LogP contribution in [-0.4, -0.2) is 28.8 Å². The minimum atomic E-state index is -3.79. The van der Waals surface area contributed by atoms with Crippen molar-refractivity contribution in [2.24, 2.45) is 0 Å². The number of hydrogen-bond donors (Lipinski definition) is 1. The van der Waals surface area contributed by atoms with Crippen LogP contribution < -0.4 is 0 Å². The number of sulfone groups is 1. The first-order valence-electron chi connectivity index (χ1n) is 11.7. The number of aromatic nitrogens is 4. The Balaban J connectivity index is 1.57. The molecule has 182 valence electrons. The molecule has 4 aromatic carbocycles. The maximum absolute atomic E-state index is 13.6. The molecule has 0 unspecified atom stereocenters. The second-order valence-electron chi connectivity index (χ2n) is 8.67. The lowest BCUT2D eigenvalue weighted by atomic mass is 9.67. The third-order valence-corrected chi connectivity index (χ3v) is 9.58. The quantitative estimate of drug-likeness (QED) is 0.269. The number of nitrogens with zero attached hydrogens (tertiary/aromatic N) is 3. The Morgan fingerprint density at radius 1 is 0.676 bits per heavy atom. The first kappa shape index (κ1) is 23.3. The molecule has 6 aromatic rings. The highest BCUT2D eigenvalue weighted by Crippen LogP contribution is 2.45. The van der Waals surface area contributed by atoms with Crippen molar-refractivity contribution in [1.29, 1.82) is 0 Å². The van der Waals surface area contributed by atoms with Crippen molar-refractivity contribution in [3.8, 4) is 0 Å². The number of hydrogen-bond acceptors (Lipinski definition) is 6. The standard InChI is InChI=1S/C29H22N4O2S2/c34-37(35,28-30-24-18-10-11-19-26(24)36-28)20-25-27(32-33-31-25)29(21-12-4-1-5-13-21,22-14-6-2-7-15-22)23-16-8-3-9-17-23/h1-19H,20H2,(H,31,32,33). The maximum Gasteiger partial charge on any atom is 0.211 e. The minimum absolute atomic E-state index is 0.0763. The van der Waals surface area contributed by atoms with E-state index in [9.17, 15) is 8.42 Å². The molecule has 0 aliphatic heterocycles. The number of thiazole rings is 1. The van der Waals surface area contributed by atoms with E-state index < -0.39 is 15.3 Å². The van der Waals surface area contributed by atoms with Crippen molar-refractivity contribution < 1.29 is 8.42 Å². The summed E-state index contributed by atoms with van der Waals surface area (Å²) in [6.45, 7) is 0. The summed E-state index contributed by atoms with van der Waals surface area (Å²) < 4.78 is 28.2. The zero-order valence-corrected chi connectivity index (χ0v) is 21.3. The molecule has 8 heteroatoms. The molecule has 2 heterocycles. The van der Waals surface area contributed by atoms with Crippen LogP contribution in [0.15, 0.2) is 120 Å². The molecule has 0 saturated heterocycles. The van der Waals surface area contributed by atoms with Crippen LogP contribution in [0.25, 0.3) is 10.2 Å². The Bertz CT molecular complexity index is 1630. The largest absolute Gasteiger partial charge is 0.225 e. The number of H-pyrrole nitrogens is 1. The number of para-hydroxylation sites is 1. The van der Waals surface area contributed by atoms with Crippen LogP contribution in [0.5, 0.6) is 0 Å². The lowest BCUT2D eigenvalue weighted by Crippen LogP contribution is -2.33. The molecular formula is C29H22N4O2S2. The average Bonchev–Trinajstić information content (AvgIpc) is 3.59. The predicted octanol–water partition coefficient (Wildman–Crippen LogP) is 5.77. The summed E-state index contributed by atoms with van der Waals surface area (Å²) >= 11 is 1.17. The smallest absolute Gasteiger partial charge is 0.211 e. The first-order valence-corrected chi connectivity index (χ1v) is 14.2. The van der Waals surface area contributed by atoms with Gasteiger partial charge in [-0.3, -0.25) is 0 Å². The molecular weight excluding hydrogens is 500 g/mol. The van der Waals surface area contributed by atoms with E-state index in [2.05, 4.69) is 20.4 Å². The number of aromatic amines is 1. The van der Waals surface area contributed by atoms with Crippen LogP contribution in [0.2, 0.25) is 0 Å². The predicted molar refractivity (Wildman–Crippen MR) is 145 cm³/mol. The molecule has 1 N–H and O–H groups in total. The Hall–Kier alpha value is -4.14. The van der Waals surface area contributed by atoms with E-state index in [1.54, 1.807) is 0 Å². The van der Waals surface area contributed by atoms with E-state index in [-0.39, 0.29) is 10.1 Å². The van der Waals surface area contributed by atoms with Crippen molar-refractivity contribution >= 4 is 31.4 Å². The van der Waals surface area contributed by atoms with Crippen LogP contribution in [0.1, 0.15) is 28.1 Å². The number of benzene rings is 4. The Morgan fingerprint density at radius 2 is 1.19 bits per heavy atom. The summed E-state index contributed by atoms with van der Waals surface area (Å²) in [4.78, 5) is 4.40. The highest BCUT2D eigenvalue weighted by atomic mass is 32.2. The van der Waals surface area contributed by atoms with Gasteiger partial charge in [0.1, 0.15) is 17.1 Å². The van der Waals surface area contributed by atoms with Crippen LogP contribution in [0, 0.1) is 0 Å². The van der Waals surface area contributed by atoms with Crippen molar-refractivity contribution in [2.75, 3.05) is 0 Å². The van der Waals surface area contributed by atoms with Crippen molar-refractivity contribution in [3.63, 3.8) is 0 Å². The van der Waals surface area contributed by atoms with Gasteiger partial charge in [-0.15, -0.1) is 11.3 Å². The molecule has 0 atom stereocenters. The first-order chi connectivity index (χ1) is 18.1. The van der Waals surface area contributed by atoms with Gasteiger partial charge in [-0.2, -0.15) is 15.4 Å².